The highest BCUT2D eigenvalue weighted by Gasteiger charge is 2.28. The van der Waals surface area contributed by atoms with Crippen molar-refractivity contribution in [2.75, 3.05) is 40.9 Å². The van der Waals surface area contributed by atoms with E-state index in [0.29, 0.717) is 17.4 Å². The van der Waals surface area contributed by atoms with Crippen molar-refractivity contribution in [3.05, 3.63) is 24.3 Å². The van der Waals surface area contributed by atoms with Gasteiger partial charge in [0.1, 0.15) is 13.2 Å². The summed E-state index contributed by atoms with van der Waals surface area (Å²) in [7, 11) is 1.57. The van der Waals surface area contributed by atoms with E-state index >= 15 is 0 Å². The number of nitrogens with one attached hydrogen (secondary N) is 1. The minimum Gasteiger partial charge on any atom is -0.387 e. The average Bonchev–Trinajstić information content (AvgIpc) is 3.39. The third-order valence-corrected chi connectivity index (χ3v) is 16.9. The molecule has 0 saturated carbocycles. The molecular formula is C68H136N2O6P+. The Bertz CT molecular complexity index is 1300. The quantitative estimate of drug-likeness (QED) is 0.0243. The molecule has 3 atom stereocenters. The number of hydrogen-bond acceptors (Lipinski definition) is 5. The van der Waals surface area contributed by atoms with E-state index in [1.165, 1.54) is 295 Å². The zero-order chi connectivity index (χ0) is 56.3. The molecule has 0 aromatic carbocycles. The van der Waals surface area contributed by atoms with Crippen LogP contribution in [0.25, 0.3) is 0 Å². The predicted octanol–water partition coefficient (Wildman–Crippen LogP) is 21.5. The van der Waals surface area contributed by atoms with Crippen molar-refractivity contribution in [2.24, 2.45) is 0 Å². The first-order valence-electron chi connectivity index (χ1n) is 34.2. The molecule has 0 heterocycles. The first kappa shape index (κ1) is 76.0. The number of nitrogens with zero attached hydrogens (tertiary/aromatic N) is 1. The summed E-state index contributed by atoms with van der Waals surface area (Å²) >= 11 is 0. The van der Waals surface area contributed by atoms with E-state index < -0.39 is 20.0 Å². The van der Waals surface area contributed by atoms with Crippen LogP contribution in [0, 0.1) is 0 Å². The van der Waals surface area contributed by atoms with Gasteiger partial charge in [0.25, 0.3) is 0 Å². The number of allylic oxidation sites excluding steroid dienone is 3. The van der Waals surface area contributed by atoms with Gasteiger partial charge >= 0.3 is 7.82 Å². The number of aliphatic hydroxyl groups excluding tert-OH is 1. The molecule has 8 nitrogen and oxygen atoms in total. The second-order valence-electron chi connectivity index (χ2n) is 24.9. The monoisotopic (exact) mass is 1110 g/mol. The van der Waals surface area contributed by atoms with Gasteiger partial charge in [0, 0.05) is 6.42 Å². The molecule has 0 aromatic rings. The molecule has 0 bridgehead atoms. The lowest BCUT2D eigenvalue weighted by atomic mass is 10.0. The lowest BCUT2D eigenvalue weighted by Crippen LogP contribution is -2.45. The Balaban J connectivity index is 4.07. The summed E-state index contributed by atoms with van der Waals surface area (Å²) in [4.78, 5) is 23.4. The molecular weight excluding hydrogens is 972 g/mol. The molecule has 0 saturated heterocycles. The highest BCUT2D eigenvalue weighted by Crippen LogP contribution is 2.43. The van der Waals surface area contributed by atoms with E-state index in [9.17, 15) is 19.4 Å². The second kappa shape index (κ2) is 59.6. The average molecular weight is 1110 g/mol. The summed E-state index contributed by atoms with van der Waals surface area (Å²) in [6.45, 7) is 4.86. The van der Waals surface area contributed by atoms with Gasteiger partial charge < -0.3 is 19.8 Å². The number of phosphoric acid groups is 1. The van der Waals surface area contributed by atoms with Gasteiger partial charge in [-0.1, -0.05) is 340 Å². The lowest BCUT2D eigenvalue weighted by molar-refractivity contribution is -0.870. The number of quaternary nitrogens is 1. The topological polar surface area (TPSA) is 105 Å². The minimum atomic E-state index is -4.36. The molecule has 3 unspecified atom stereocenters. The Hall–Kier alpha value is -1.02. The molecule has 0 spiro atoms. The predicted molar refractivity (Wildman–Crippen MR) is 337 cm³/mol. The normalized spacial score (nSPS) is 13.8. The van der Waals surface area contributed by atoms with Gasteiger partial charge in [-0.05, 0) is 32.1 Å². The van der Waals surface area contributed by atoms with E-state index in [0.717, 1.165) is 38.5 Å². The minimum absolute atomic E-state index is 0.0591. The molecule has 0 fully saturated rings. The number of likely N-dealkylation sites (N-methyl/N-ethyl adjacent to an activating group) is 1. The Kier molecular flexibility index (Phi) is 58.8. The van der Waals surface area contributed by atoms with Gasteiger partial charge in [0.2, 0.25) is 5.91 Å². The van der Waals surface area contributed by atoms with Crippen LogP contribution in [-0.4, -0.2) is 73.4 Å². The summed E-state index contributed by atoms with van der Waals surface area (Å²) in [6.07, 6.45) is 77.6. The van der Waals surface area contributed by atoms with Crippen molar-refractivity contribution in [1.29, 1.82) is 0 Å². The van der Waals surface area contributed by atoms with E-state index in [2.05, 4.69) is 31.3 Å². The third kappa shape index (κ3) is 62.4. The fourth-order valence-electron chi connectivity index (χ4n) is 10.6. The molecule has 0 aliphatic carbocycles. The lowest BCUT2D eigenvalue weighted by Gasteiger charge is -2.25. The zero-order valence-electron chi connectivity index (χ0n) is 52.5. The molecule has 0 aliphatic heterocycles. The molecule has 0 aromatic heterocycles. The third-order valence-electron chi connectivity index (χ3n) is 15.9. The van der Waals surface area contributed by atoms with Crippen LogP contribution >= 0.6 is 7.82 Å². The van der Waals surface area contributed by atoms with Crippen LogP contribution < -0.4 is 5.32 Å². The summed E-state index contributed by atoms with van der Waals surface area (Å²) in [5.74, 6) is -0.178. The smallest absolute Gasteiger partial charge is 0.387 e. The Morgan fingerprint density at radius 3 is 1.04 bits per heavy atom. The van der Waals surface area contributed by atoms with E-state index in [1.807, 2.05) is 27.2 Å². The Morgan fingerprint density at radius 1 is 0.429 bits per heavy atom. The van der Waals surface area contributed by atoms with Crippen LogP contribution in [0.3, 0.4) is 0 Å². The van der Waals surface area contributed by atoms with Gasteiger partial charge in [0.15, 0.2) is 0 Å². The number of hydrogen-bond donors (Lipinski definition) is 3. The molecule has 1 amide bonds. The Morgan fingerprint density at radius 2 is 0.714 bits per heavy atom. The SMILES string of the molecule is CCCCCCCCCCCCCCCCCCCCC/C=C/CC/C=C/C(O)C(COP(=O)(O)OCC[N+](C)(C)C)NC(=O)CCCCCCCCCCCCCCCCCCCCCCCCCCCCCCCC. The van der Waals surface area contributed by atoms with Crippen molar-refractivity contribution >= 4 is 13.7 Å². The first-order chi connectivity index (χ1) is 37.5. The molecule has 77 heavy (non-hydrogen) atoms. The van der Waals surface area contributed by atoms with Crippen molar-refractivity contribution in [2.45, 2.75) is 366 Å². The number of carbonyl (C=O) groups excluding carboxylic acids is 1. The van der Waals surface area contributed by atoms with E-state index in [4.69, 9.17) is 9.05 Å². The molecule has 458 valence electrons. The van der Waals surface area contributed by atoms with Crippen molar-refractivity contribution in [1.82, 2.24) is 5.32 Å². The number of amides is 1. The van der Waals surface area contributed by atoms with Gasteiger partial charge in [-0.2, -0.15) is 0 Å². The number of carbonyl (C=O) groups is 1. The summed E-state index contributed by atoms with van der Waals surface area (Å²) in [5, 5.41) is 14.0. The van der Waals surface area contributed by atoms with Crippen LogP contribution in [-0.2, 0) is 18.4 Å². The van der Waals surface area contributed by atoms with E-state index in [-0.39, 0.29) is 19.1 Å². The van der Waals surface area contributed by atoms with Gasteiger partial charge in [0.05, 0.1) is 39.9 Å². The van der Waals surface area contributed by atoms with Crippen LogP contribution in [0.4, 0.5) is 0 Å². The van der Waals surface area contributed by atoms with Gasteiger partial charge in [-0.3, -0.25) is 13.8 Å². The fraction of sp³-hybridized carbons (Fsp3) is 0.926. The highest BCUT2D eigenvalue weighted by molar-refractivity contribution is 7.47. The number of unbranched alkanes of at least 4 members (excludes halogenated alkanes) is 49. The molecule has 9 heteroatoms. The summed E-state index contributed by atoms with van der Waals surface area (Å²) in [6, 6.07) is -0.861. The van der Waals surface area contributed by atoms with E-state index in [1.54, 1.807) is 6.08 Å². The largest absolute Gasteiger partial charge is 0.472 e. The maximum Gasteiger partial charge on any atom is 0.472 e. The van der Waals surface area contributed by atoms with Crippen LogP contribution in [0.1, 0.15) is 354 Å². The molecule has 3 N–H and O–H groups in total. The maximum absolute atomic E-state index is 13.0. The van der Waals surface area contributed by atoms with Crippen LogP contribution in [0.2, 0.25) is 0 Å². The maximum atomic E-state index is 13.0. The summed E-state index contributed by atoms with van der Waals surface area (Å²) in [5.41, 5.74) is 0. The molecule has 0 aliphatic rings. The highest BCUT2D eigenvalue weighted by atomic mass is 31.2. The van der Waals surface area contributed by atoms with Crippen LogP contribution in [0.15, 0.2) is 24.3 Å². The molecule has 0 radical (unpaired) electrons. The fourth-order valence-corrected chi connectivity index (χ4v) is 11.3. The van der Waals surface area contributed by atoms with Gasteiger partial charge in [-0.25, -0.2) is 4.57 Å². The van der Waals surface area contributed by atoms with Crippen molar-refractivity contribution in [3.63, 3.8) is 0 Å². The standard InChI is InChI=1S/C68H135N2O6P/c1-6-8-10-12-14-16-18-20-22-24-26-28-30-32-33-34-35-36-38-40-42-44-46-48-50-52-54-56-58-60-62-68(72)69-66(65-76-77(73,74)75-64-63-70(3,4)5)67(71)61-59-57-55-53-51-49-47-45-43-41-39-37-31-29-27-25-23-21-19-17-15-13-11-9-7-2/h51,53,59,61,66-67,71H,6-50,52,54-58,60,62-65H2,1-5H3,(H-,69,72,73,74)/p+1/b53-51+,61-59+. The number of aliphatic hydroxyl groups is 1. The zero-order valence-corrected chi connectivity index (χ0v) is 53.4. The van der Waals surface area contributed by atoms with Gasteiger partial charge in [-0.15, -0.1) is 0 Å². The van der Waals surface area contributed by atoms with Crippen molar-refractivity contribution in [3.8, 4) is 0 Å². The van der Waals surface area contributed by atoms with Crippen molar-refractivity contribution < 1.29 is 32.9 Å². The number of phosphoric ester groups is 1. The molecule has 0 rings (SSSR count). The Labute approximate surface area is 481 Å². The number of rotatable bonds is 64. The second-order valence-corrected chi connectivity index (χ2v) is 26.4. The summed E-state index contributed by atoms with van der Waals surface area (Å²) < 4.78 is 23.8. The first-order valence-corrected chi connectivity index (χ1v) is 35.7. The van der Waals surface area contributed by atoms with Crippen LogP contribution in [0.5, 0.6) is 0 Å².